The van der Waals surface area contributed by atoms with E-state index < -0.39 is 5.97 Å². The maximum atomic E-state index is 12.0. The fourth-order valence-corrected chi connectivity index (χ4v) is 2.68. The van der Waals surface area contributed by atoms with E-state index in [1.165, 1.54) is 4.40 Å². The predicted octanol–water partition coefficient (Wildman–Crippen LogP) is 0.493. The maximum Gasteiger partial charge on any atom is 0.329 e. The Bertz CT molecular complexity index is 847. The van der Waals surface area contributed by atoms with Gasteiger partial charge in [0.1, 0.15) is 4.53 Å². The molecule has 1 N–H and O–H groups in total. The van der Waals surface area contributed by atoms with Crippen LogP contribution in [0.1, 0.15) is 0 Å². The zero-order valence-corrected chi connectivity index (χ0v) is 9.27. The molecule has 2 heterocycles. The smallest absolute Gasteiger partial charge is 0.329 e. The molecule has 0 fully saturated rings. The van der Waals surface area contributed by atoms with Crippen molar-refractivity contribution in [3.8, 4) is 0 Å². The van der Waals surface area contributed by atoms with Gasteiger partial charge in [-0.15, -0.1) is 0 Å². The summed E-state index contributed by atoms with van der Waals surface area (Å²) in [6, 6.07) is 7.26. The van der Waals surface area contributed by atoms with Gasteiger partial charge < -0.3 is 5.11 Å². The van der Waals surface area contributed by atoms with Gasteiger partial charge in [0, 0.05) is 6.08 Å². The van der Waals surface area contributed by atoms with Crippen LogP contribution < -0.4 is 10.1 Å². The summed E-state index contributed by atoms with van der Waals surface area (Å²) in [4.78, 5) is 27.3. The molecule has 0 atom stereocenters. The standard InChI is InChI=1S/C11H6N2O3S/c14-9(15)5-8-10(16)13-7-4-2-1-3-6(7)12-11(13)17-8/h1-5H,(H,14,15)/b8-5-. The molecule has 0 radical (unpaired) electrons. The van der Waals surface area contributed by atoms with Crippen LogP contribution in [0.2, 0.25) is 0 Å². The first-order chi connectivity index (χ1) is 8.16. The lowest BCUT2D eigenvalue weighted by Crippen LogP contribution is -2.23. The summed E-state index contributed by atoms with van der Waals surface area (Å²) in [6.07, 6.45) is 0.913. The van der Waals surface area contributed by atoms with Crippen molar-refractivity contribution >= 4 is 39.4 Å². The number of aliphatic carboxylic acids is 1. The second kappa shape index (κ2) is 3.39. The van der Waals surface area contributed by atoms with E-state index in [2.05, 4.69) is 4.98 Å². The normalized spacial score (nSPS) is 12.6. The SMILES string of the molecule is O=C(O)/C=c1\sc2nc3ccccc3n2c1=O. The molecule has 5 nitrogen and oxygen atoms in total. The third-order valence-electron chi connectivity index (χ3n) is 2.40. The number of carboxylic acid groups (broad SMARTS) is 1. The van der Waals surface area contributed by atoms with Crippen molar-refractivity contribution in [3.63, 3.8) is 0 Å². The van der Waals surface area contributed by atoms with Crippen molar-refractivity contribution < 1.29 is 9.90 Å². The molecule has 3 rings (SSSR count). The Morgan fingerprint density at radius 1 is 1.41 bits per heavy atom. The first-order valence-electron chi connectivity index (χ1n) is 4.81. The zero-order valence-electron chi connectivity index (χ0n) is 8.45. The monoisotopic (exact) mass is 246 g/mol. The minimum Gasteiger partial charge on any atom is -0.478 e. The van der Waals surface area contributed by atoms with E-state index in [0.29, 0.717) is 10.5 Å². The van der Waals surface area contributed by atoms with E-state index in [0.717, 1.165) is 22.9 Å². The molecule has 0 aliphatic heterocycles. The molecule has 0 amide bonds. The lowest BCUT2D eigenvalue weighted by molar-refractivity contribution is -0.129. The molecule has 1 aromatic carbocycles. The summed E-state index contributed by atoms with van der Waals surface area (Å²) < 4.78 is 1.63. The topological polar surface area (TPSA) is 71.7 Å². The Morgan fingerprint density at radius 2 is 2.18 bits per heavy atom. The van der Waals surface area contributed by atoms with Gasteiger partial charge in [-0.3, -0.25) is 4.79 Å². The number of hydrogen-bond donors (Lipinski definition) is 1. The highest BCUT2D eigenvalue weighted by Gasteiger charge is 2.10. The van der Waals surface area contributed by atoms with E-state index in [4.69, 9.17) is 5.11 Å². The van der Waals surface area contributed by atoms with Gasteiger partial charge in [-0.1, -0.05) is 23.5 Å². The molecule has 0 aliphatic carbocycles. The molecule has 2 aromatic heterocycles. The van der Waals surface area contributed by atoms with Crippen molar-refractivity contribution in [3.05, 3.63) is 39.2 Å². The second-order valence-corrected chi connectivity index (χ2v) is 4.48. The summed E-state index contributed by atoms with van der Waals surface area (Å²) in [5, 5.41) is 8.65. The van der Waals surface area contributed by atoms with Gasteiger partial charge in [-0.2, -0.15) is 0 Å². The lowest BCUT2D eigenvalue weighted by atomic mass is 10.3. The van der Waals surface area contributed by atoms with Crippen molar-refractivity contribution in [1.29, 1.82) is 0 Å². The van der Waals surface area contributed by atoms with Gasteiger partial charge >= 0.3 is 5.97 Å². The van der Waals surface area contributed by atoms with Crippen LogP contribution in [-0.2, 0) is 4.79 Å². The van der Waals surface area contributed by atoms with E-state index in [1.807, 2.05) is 18.2 Å². The third kappa shape index (κ3) is 1.42. The van der Waals surface area contributed by atoms with Crippen LogP contribution in [0.5, 0.6) is 0 Å². The predicted molar refractivity (Wildman–Crippen MR) is 64.2 cm³/mol. The minimum absolute atomic E-state index is 0.186. The maximum absolute atomic E-state index is 12.0. The molecule has 0 bridgehead atoms. The number of nitrogens with zero attached hydrogens (tertiary/aromatic N) is 2. The van der Waals surface area contributed by atoms with Gasteiger partial charge in [0.2, 0.25) is 0 Å². The van der Waals surface area contributed by atoms with Crippen molar-refractivity contribution in [2.75, 3.05) is 0 Å². The summed E-state index contributed by atoms with van der Waals surface area (Å²) in [7, 11) is 0. The zero-order chi connectivity index (χ0) is 12.0. The number of carbonyl (C=O) groups is 1. The Hall–Kier alpha value is -2.21. The number of hydrogen-bond acceptors (Lipinski definition) is 4. The first kappa shape index (κ1) is 9.98. The number of para-hydroxylation sites is 2. The molecular weight excluding hydrogens is 240 g/mol. The van der Waals surface area contributed by atoms with Gasteiger partial charge in [-0.05, 0) is 12.1 Å². The van der Waals surface area contributed by atoms with Crippen LogP contribution in [0.25, 0.3) is 22.1 Å². The van der Waals surface area contributed by atoms with Crippen molar-refractivity contribution in [2.24, 2.45) is 0 Å². The van der Waals surface area contributed by atoms with Crippen molar-refractivity contribution in [2.45, 2.75) is 0 Å². The fraction of sp³-hybridized carbons (Fsp3) is 0. The quantitative estimate of drug-likeness (QED) is 0.678. The Morgan fingerprint density at radius 3 is 2.94 bits per heavy atom. The minimum atomic E-state index is -1.13. The Balaban J connectivity index is 2.52. The highest BCUT2D eigenvalue weighted by Crippen LogP contribution is 2.15. The largest absolute Gasteiger partial charge is 0.478 e. The average molecular weight is 246 g/mol. The second-order valence-electron chi connectivity index (χ2n) is 3.47. The first-order valence-corrected chi connectivity index (χ1v) is 5.63. The summed E-state index contributed by atoms with van der Waals surface area (Å²) in [6.45, 7) is 0. The number of rotatable bonds is 1. The number of imidazole rings is 1. The molecule has 0 saturated carbocycles. The number of benzene rings is 1. The van der Waals surface area contributed by atoms with Gasteiger partial charge in [0.15, 0.2) is 4.96 Å². The van der Waals surface area contributed by atoms with Crippen LogP contribution in [0.15, 0.2) is 29.1 Å². The summed E-state index contributed by atoms with van der Waals surface area (Å²) >= 11 is 1.08. The van der Waals surface area contributed by atoms with E-state index in [-0.39, 0.29) is 10.1 Å². The molecule has 0 saturated heterocycles. The Kier molecular flexibility index (Phi) is 1.99. The third-order valence-corrected chi connectivity index (χ3v) is 3.37. The molecule has 0 aliphatic rings. The molecule has 3 aromatic rings. The van der Waals surface area contributed by atoms with Crippen LogP contribution in [0.3, 0.4) is 0 Å². The number of thiazole rings is 1. The lowest BCUT2D eigenvalue weighted by Gasteiger charge is -1.86. The summed E-state index contributed by atoms with van der Waals surface area (Å²) in [5.74, 6) is -1.13. The van der Waals surface area contributed by atoms with Crippen LogP contribution in [0.4, 0.5) is 0 Å². The van der Waals surface area contributed by atoms with Crippen LogP contribution in [0, 0.1) is 0 Å². The molecule has 0 spiro atoms. The molecule has 6 heteroatoms. The van der Waals surface area contributed by atoms with Crippen LogP contribution >= 0.6 is 11.3 Å². The average Bonchev–Trinajstić information content (AvgIpc) is 2.76. The van der Waals surface area contributed by atoms with E-state index in [1.54, 1.807) is 6.07 Å². The molecule has 0 unspecified atom stereocenters. The van der Waals surface area contributed by atoms with Gasteiger partial charge in [0.05, 0.1) is 11.0 Å². The molecule has 84 valence electrons. The molecular formula is C11H6N2O3S. The number of fused-ring (bicyclic) bond motifs is 3. The summed E-state index contributed by atoms with van der Waals surface area (Å²) in [5.41, 5.74) is 1.10. The Labute approximate surface area is 98.2 Å². The number of aromatic nitrogens is 2. The van der Waals surface area contributed by atoms with E-state index >= 15 is 0 Å². The van der Waals surface area contributed by atoms with Gasteiger partial charge in [-0.25, -0.2) is 14.2 Å². The molecule has 17 heavy (non-hydrogen) atoms. The van der Waals surface area contributed by atoms with Crippen molar-refractivity contribution in [1.82, 2.24) is 9.38 Å². The van der Waals surface area contributed by atoms with Gasteiger partial charge in [0.25, 0.3) is 5.56 Å². The van der Waals surface area contributed by atoms with Crippen LogP contribution in [-0.4, -0.2) is 20.5 Å². The van der Waals surface area contributed by atoms with E-state index in [9.17, 15) is 9.59 Å². The fourth-order valence-electron chi connectivity index (χ4n) is 1.72. The highest BCUT2D eigenvalue weighted by molar-refractivity contribution is 7.15. The number of carboxylic acids is 1. The highest BCUT2D eigenvalue weighted by atomic mass is 32.1.